The van der Waals surface area contributed by atoms with Crippen LogP contribution in [0.25, 0.3) is 0 Å². The van der Waals surface area contributed by atoms with Crippen molar-refractivity contribution in [2.24, 2.45) is 16.8 Å². The summed E-state index contributed by atoms with van der Waals surface area (Å²) in [6.07, 6.45) is 1.08. The van der Waals surface area contributed by atoms with E-state index < -0.39 is 0 Å². The van der Waals surface area contributed by atoms with Gasteiger partial charge in [-0.2, -0.15) is 0 Å². The van der Waals surface area contributed by atoms with Gasteiger partial charge in [-0.25, -0.2) is 0 Å². The summed E-state index contributed by atoms with van der Waals surface area (Å²) >= 11 is 1.77. The van der Waals surface area contributed by atoms with Gasteiger partial charge in [0.2, 0.25) is 0 Å². The fourth-order valence-corrected chi connectivity index (χ4v) is 3.97. The molecule has 1 heterocycles. The number of aryl methyl sites for hydroxylation is 1. The quantitative estimate of drug-likeness (QED) is 0.542. The predicted octanol–water partition coefficient (Wildman–Crippen LogP) is 4.88. The first kappa shape index (κ1) is 18.8. The Hall–Kier alpha value is -1.56. The van der Waals surface area contributed by atoms with Crippen LogP contribution in [-0.4, -0.2) is 28.4 Å². The highest BCUT2D eigenvalue weighted by Crippen LogP contribution is 2.32. The maximum atomic E-state index is 11.2. The van der Waals surface area contributed by atoms with Crippen molar-refractivity contribution in [3.8, 4) is 0 Å². The molecule has 0 aromatic heterocycles. The number of benzene rings is 1. The number of nitro groups is 1. The Morgan fingerprint density at radius 1 is 1.33 bits per heavy atom. The number of hydrogen-bond donors (Lipinski definition) is 0. The number of thioether (sulfide) groups is 1. The molecule has 1 atom stereocenters. The zero-order chi connectivity index (χ0) is 17.9. The van der Waals surface area contributed by atoms with E-state index in [-0.39, 0.29) is 10.6 Å². The molecule has 0 radical (unpaired) electrons. The van der Waals surface area contributed by atoms with Crippen LogP contribution in [0.15, 0.2) is 23.2 Å². The lowest BCUT2D eigenvalue weighted by Crippen LogP contribution is -2.32. The molecule has 1 aromatic rings. The molecule has 0 N–H and O–H groups in total. The lowest BCUT2D eigenvalue weighted by Gasteiger charge is -2.27. The molecule has 2 rings (SSSR count). The maximum Gasteiger partial charge on any atom is 0.271 e. The first-order valence-corrected chi connectivity index (χ1v) is 9.49. The summed E-state index contributed by atoms with van der Waals surface area (Å²) in [7, 11) is 0. The predicted molar refractivity (Wildman–Crippen MR) is 103 cm³/mol. The van der Waals surface area contributed by atoms with E-state index in [0.29, 0.717) is 17.9 Å². The number of hydrogen-bond acceptors (Lipinski definition) is 5. The van der Waals surface area contributed by atoms with Crippen LogP contribution in [0.4, 0.5) is 11.4 Å². The third kappa shape index (κ3) is 4.72. The van der Waals surface area contributed by atoms with Gasteiger partial charge in [0.25, 0.3) is 5.69 Å². The first-order chi connectivity index (χ1) is 11.3. The van der Waals surface area contributed by atoms with Crippen molar-refractivity contribution >= 4 is 28.3 Å². The second-order valence-electron chi connectivity index (χ2n) is 7.24. The second kappa shape index (κ2) is 8.01. The standard InChI is InChI=1S/C18H27N3O2S/c1-12(2)8-15-11-24-18(19-15)20(10-13(3)4)17-9-16(21(22)23)7-6-14(17)5/h6-7,9,12-13,15H,8,10-11H2,1-5H3/t15-/m1/s1. The zero-order valence-corrected chi connectivity index (χ0v) is 16.0. The molecular formula is C18H27N3O2S. The Bertz CT molecular complexity index is 629. The highest BCUT2D eigenvalue weighted by atomic mass is 32.2. The minimum atomic E-state index is -0.332. The summed E-state index contributed by atoms with van der Waals surface area (Å²) in [5.74, 6) is 2.06. The summed E-state index contributed by atoms with van der Waals surface area (Å²) in [4.78, 5) is 17.9. The van der Waals surface area contributed by atoms with E-state index in [1.54, 1.807) is 23.9 Å². The third-order valence-electron chi connectivity index (χ3n) is 3.91. The smallest absolute Gasteiger partial charge is 0.271 e. The SMILES string of the molecule is Cc1ccc([N+](=O)[O-])cc1N(CC(C)C)C1=N[C@H](CC(C)C)CS1. The molecule has 0 bridgehead atoms. The summed E-state index contributed by atoms with van der Waals surface area (Å²) in [5.41, 5.74) is 2.07. The number of anilines is 1. The van der Waals surface area contributed by atoms with E-state index >= 15 is 0 Å². The first-order valence-electron chi connectivity index (χ1n) is 8.51. The van der Waals surface area contributed by atoms with E-state index in [1.165, 1.54) is 0 Å². The van der Waals surface area contributed by atoms with Crippen LogP contribution in [-0.2, 0) is 0 Å². The van der Waals surface area contributed by atoms with Gasteiger partial charge in [-0.05, 0) is 30.7 Å². The van der Waals surface area contributed by atoms with Crippen molar-refractivity contribution in [3.63, 3.8) is 0 Å². The van der Waals surface area contributed by atoms with Crippen LogP contribution in [0, 0.1) is 28.9 Å². The number of rotatable bonds is 6. The van der Waals surface area contributed by atoms with Gasteiger partial charge in [0.05, 0.1) is 16.7 Å². The normalized spacial score (nSPS) is 17.5. The molecule has 1 aliphatic heterocycles. The number of nitrogens with zero attached hydrogens (tertiary/aromatic N) is 3. The molecule has 5 nitrogen and oxygen atoms in total. The zero-order valence-electron chi connectivity index (χ0n) is 15.2. The molecule has 24 heavy (non-hydrogen) atoms. The summed E-state index contributed by atoms with van der Waals surface area (Å²) in [6, 6.07) is 5.42. The molecule has 0 fully saturated rings. The maximum absolute atomic E-state index is 11.2. The Kier molecular flexibility index (Phi) is 6.27. The van der Waals surface area contributed by atoms with E-state index in [1.807, 2.05) is 13.0 Å². The minimum absolute atomic E-state index is 0.131. The van der Waals surface area contributed by atoms with Gasteiger partial charge in [-0.1, -0.05) is 45.5 Å². The van der Waals surface area contributed by atoms with Gasteiger partial charge >= 0.3 is 0 Å². The second-order valence-corrected chi connectivity index (χ2v) is 8.23. The Balaban J connectivity index is 2.36. The van der Waals surface area contributed by atoms with Crippen molar-refractivity contribution in [3.05, 3.63) is 33.9 Å². The molecule has 0 spiro atoms. The molecular weight excluding hydrogens is 322 g/mol. The molecule has 0 unspecified atom stereocenters. The molecule has 1 aromatic carbocycles. The van der Waals surface area contributed by atoms with E-state index in [9.17, 15) is 10.1 Å². The Labute approximate surface area is 148 Å². The number of aliphatic imine (C=N–C) groups is 1. The molecule has 1 aliphatic rings. The molecule has 132 valence electrons. The molecule has 0 saturated carbocycles. The van der Waals surface area contributed by atoms with Crippen molar-refractivity contribution in [1.29, 1.82) is 0 Å². The largest absolute Gasteiger partial charge is 0.320 e. The van der Waals surface area contributed by atoms with Crippen molar-refractivity contribution < 1.29 is 4.92 Å². The van der Waals surface area contributed by atoms with Gasteiger partial charge in [0.1, 0.15) is 0 Å². The van der Waals surface area contributed by atoms with Crippen LogP contribution in [0.1, 0.15) is 39.7 Å². The highest BCUT2D eigenvalue weighted by molar-refractivity contribution is 8.14. The van der Waals surface area contributed by atoms with E-state index in [4.69, 9.17) is 4.99 Å². The number of nitro benzene ring substituents is 1. The van der Waals surface area contributed by atoms with E-state index in [0.717, 1.165) is 35.1 Å². The highest BCUT2D eigenvalue weighted by Gasteiger charge is 2.26. The summed E-state index contributed by atoms with van der Waals surface area (Å²) in [5, 5.41) is 12.2. The van der Waals surface area contributed by atoms with Crippen LogP contribution in [0.2, 0.25) is 0 Å². The van der Waals surface area contributed by atoms with Crippen LogP contribution >= 0.6 is 11.8 Å². The number of amidine groups is 1. The van der Waals surface area contributed by atoms with Crippen LogP contribution in [0.3, 0.4) is 0 Å². The van der Waals surface area contributed by atoms with Gasteiger partial charge < -0.3 is 4.90 Å². The van der Waals surface area contributed by atoms with Crippen LogP contribution < -0.4 is 4.90 Å². The molecule has 6 heteroatoms. The van der Waals surface area contributed by atoms with Crippen LogP contribution in [0.5, 0.6) is 0 Å². The van der Waals surface area contributed by atoms with Gasteiger partial charge in [0.15, 0.2) is 5.17 Å². The van der Waals surface area contributed by atoms with Crippen molar-refractivity contribution in [1.82, 2.24) is 0 Å². The third-order valence-corrected chi connectivity index (χ3v) is 5.05. The van der Waals surface area contributed by atoms with Crippen molar-refractivity contribution in [2.75, 3.05) is 17.2 Å². The Morgan fingerprint density at radius 3 is 2.62 bits per heavy atom. The monoisotopic (exact) mass is 349 g/mol. The summed E-state index contributed by atoms with van der Waals surface area (Å²) < 4.78 is 0. The molecule has 0 saturated heterocycles. The van der Waals surface area contributed by atoms with Gasteiger partial charge in [0, 0.05) is 24.4 Å². The van der Waals surface area contributed by atoms with Gasteiger partial charge in [-0.15, -0.1) is 0 Å². The average molecular weight is 350 g/mol. The van der Waals surface area contributed by atoms with Crippen molar-refractivity contribution in [2.45, 2.75) is 47.1 Å². The fraction of sp³-hybridized carbons (Fsp3) is 0.611. The average Bonchev–Trinajstić information content (AvgIpc) is 2.92. The van der Waals surface area contributed by atoms with E-state index in [2.05, 4.69) is 32.6 Å². The Morgan fingerprint density at radius 2 is 2.04 bits per heavy atom. The topological polar surface area (TPSA) is 58.7 Å². The fourth-order valence-electron chi connectivity index (χ4n) is 2.86. The molecule has 0 aliphatic carbocycles. The lowest BCUT2D eigenvalue weighted by atomic mass is 10.1. The molecule has 0 amide bonds. The minimum Gasteiger partial charge on any atom is -0.320 e. The summed E-state index contributed by atoms with van der Waals surface area (Å²) in [6.45, 7) is 11.6. The lowest BCUT2D eigenvalue weighted by molar-refractivity contribution is -0.384. The van der Waals surface area contributed by atoms with Gasteiger partial charge in [-0.3, -0.25) is 15.1 Å². The number of non-ortho nitro benzene ring substituents is 1.